The van der Waals surface area contributed by atoms with Crippen LogP contribution in [-0.2, 0) is 53.4 Å². The minimum atomic E-state index is -4.88. The monoisotopic (exact) mass is 1530 g/mol. The number of hydrogen-bond donors (Lipinski definition) is 8. The quantitative estimate of drug-likeness (QED) is 0.00894. The van der Waals surface area contributed by atoms with Crippen molar-refractivity contribution in [1.82, 2.24) is 34.3 Å². The van der Waals surface area contributed by atoms with Crippen LogP contribution in [0.15, 0.2) is 97.6 Å². The second kappa shape index (κ2) is 37.1. The summed E-state index contributed by atoms with van der Waals surface area (Å²) < 4.78 is 154. The number of anilines is 2. The molecular formula is C56H65ClF6IMgN11O17P2. The van der Waals surface area contributed by atoms with E-state index in [2.05, 4.69) is 50.2 Å². The van der Waals surface area contributed by atoms with E-state index in [0.717, 1.165) is 14.0 Å². The Bertz CT molecular complexity index is 3860. The number of aliphatic hydroxyl groups excluding tert-OH is 5. The molecule has 4 aromatic heterocycles. The SMILES string of the molecule is COC(=O)[C@H](C)C[P@](=O)(OC[C@H]1O[C@@](C#N)(c2ccc3c(N)ncnn23)[C@H](O)[C@@H]1O)Oc1ccccc1.COC(=O)[C@H](C)N[P@](=O)(Oc1ccccc1)Oc1c(F)c(F)c(F)c(F)c1F.C[C-](C)C.I.N#C[C@@]1(c2ccc3c(N)ncnn23)O[C@H](CO)[C@@H](O)[C@H]1O.[2H]CF.[Cl-].[Mg+2]. The molecule has 2 aliphatic rings. The Kier molecular flexibility index (Phi) is 32.3. The molecule has 2 saturated heterocycles. The molecule has 0 aliphatic carbocycles. The molecular weight excluding hydrogens is 1460 g/mol. The number of fused-ring (bicyclic) bond motifs is 2. The molecule has 0 spiro atoms. The number of nitrogens with zero attached hydrogens (tertiary/aromatic N) is 8. The summed E-state index contributed by atoms with van der Waals surface area (Å²) in [4.78, 5) is 31.2. The molecule has 0 saturated carbocycles. The van der Waals surface area contributed by atoms with Gasteiger partial charge in [0.2, 0.25) is 46.0 Å². The average Bonchev–Trinajstić information content (AvgIpc) is 1.57. The maximum absolute atomic E-state index is 13.9. The standard InChI is InChI=1S/C23H26N5O8P.C16H13F5NO5P.C12H13N5O4.C4H9.CH3F.ClH.HI.Mg/c1-14(22(31)33-2)11-37(32,36-15-6-4-3-5-7-15)34-10-17-19(29)20(30)23(12-24,35-17)18-9-8-16-21(25)26-13-27-28(16)18;1-8(16(23)25-2)22-28(24,26-9-6-4-3-5-7-9)27-15-13(20)11(18)10(17)12(19)14(15)21;13-4-12(10(20)9(19)7(3-18)21-12)8-2-1-6-11(14)15-5-16-17(6)8;1-4(2)3;1-2;;;/h3-9,13-14,17,19-20,29-30H,10-11H2,1-2H3,(H2,25,26,27);3-8H,1-2H3,(H,22,24);1-2,5,7,9-10,18-20H,3H2,(H2,14,15,16);1-3H3;1H3;2*1H;/q;;;-1;;;;+2/p-1/t14-,17-,19-,20-,23+,37+;8-,28-;7-,9-,10-,12+;;;;;/m101...../s1/i;;;;1D;;;. The number of nitriles is 2. The number of nitrogens with two attached hydrogens (primary N) is 2. The van der Waals surface area contributed by atoms with E-state index in [1.165, 1.54) is 78.0 Å². The van der Waals surface area contributed by atoms with Crippen LogP contribution in [0, 0.1) is 63.6 Å². The summed E-state index contributed by atoms with van der Waals surface area (Å²) in [6.07, 6.45) is -6.55. The van der Waals surface area contributed by atoms with Crippen LogP contribution in [0.5, 0.6) is 17.2 Å². The zero-order chi connectivity index (χ0) is 69.3. The van der Waals surface area contributed by atoms with E-state index in [-0.39, 0.29) is 100 Å². The number of methoxy groups -OCH3 is 2. The number of nitrogen functional groups attached to an aromatic ring is 2. The normalized spacial score (nSPS) is 21.9. The van der Waals surface area contributed by atoms with Gasteiger partial charge in [-0.3, -0.25) is 18.5 Å². The molecule has 2 fully saturated rings. The third-order valence-electron chi connectivity index (χ3n) is 12.9. The number of para-hydroxylation sites is 2. The molecule has 0 radical (unpaired) electrons. The minimum absolute atomic E-state index is 0. The van der Waals surface area contributed by atoms with Crippen LogP contribution in [-0.4, -0.2) is 173 Å². The topological polar surface area (TPSA) is 415 Å². The van der Waals surface area contributed by atoms with Gasteiger partial charge < -0.3 is 87.8 Å². The molecule has 6 heterocycles. The second-order valence-corrected chi connectivity index (χ2v) is 23.7. The van der Waals surface area contributed by atoms with Gasteiger partial charge in [-0.15, -0.1) is 24.0 Å². The molecule has 514 valence electrons. The number of carbonyl (C=O) groups excluding carboxylic acids is 2. The van der Waals surface area contributed by atoms with Gasteiger partial charge >= 0.3 is 50.3 Å². The van der Waals surface area contributed by atoms with E-state index in [9.17, 15) is 81.1 Å². The van der Waals surface area contributed by atoms with Gasteiger partial charge in [0.05, 0.1) is 59.4 Å². The van der Waals surface area contributed by atoms with Gasteiger partial charge in [-0.1, -0.05) is 43.3 Å². The molecule has 0 unspecified atom stereocenters. The molecule has 2 aliphatic heterocycles. The molecule has 0 bridgehead atoms. The number of aromatic nitrogens is 6. The number of nitrogens with one attached hydrogen (secondary N) is 1. The number of ether oxygens (including phenoxy) is 4. The van der Waals surface area contributed by atoms with Crippen LogP contribution in [0.4, 0.5) is 38.0 Å². The van der Waals surface area contributed by atoms with E-state index in [1.54, 1.807) is 48.5 Å². The van der Waals surface area contributed by atoms with Crippen molar-refractivity contribution < 1.29 is 121 Å². The Morgan fingerprint density at radius 3 is 1.53 bits per heavy atom. The van der Waals surface area contributed by atoms with E-state index in [0.29, 0.717) is 11.0 Å². The smallest absolute Gasteiger partial charge is 1.00 e. The van der Waals surface area contributed by atoms with Crippen LogP contribution < -0.4 is 42.5 Å². The van der Waals surface area contributed by atoms with E-state index < -0.39 is 142 Å². The summed E-state index contributed by atoms with van der Waals surface area (Å²) in [5, 5.41) is 80.6. The fourth-order valence-electron chi connectivity index (χ4n) is 8.61. The van der Waals surface area contributed by atoms with Crippen LogP contribution in [0.25, 0.3) is 11.0 Å². The molecule has 39 heteroatoms. The molecule has 12 atom stereocenters. The first-order valence-electron chi connectivity index (χ1n) is 27.4. The Balaban J connectivity index is 0.000000474. The first-order valence-corrected chi connectivity index (χ1v) is 30.0. The van der Waals surface area contributed by atoms with Gasteiger partial charge in [-0.05, 0) is 55.5 Å². The van der Waals surface area contributed by atoms with Crippen molar-refractivity contribution >= 4 is 97.0 Å². The third-order valence-corrected chi connectivity index (χ3v) is 16.5. The first kappa shape index (κ1) is 82.5. The molecule has 28 nitrogen and oxygen atoms in total. The number of benzene rings is 3. The van der Waals surface area contributed by atoms with Crippen LogP contribution in [0.3, 0.4) is 0 Å². The average molecular weight is 1530 g/mol. The van der Waals surface area contributed by atoms with Gasteiger partial charge in [0.25, 0.3) is 0 Å². The van der Waals surface area contributed by atoms with Crippen molar-refractivity contribution in [2.24, 2.45) is 5.92 Å². The number of carbonyl (C=O) groups is 2. The summed E-state index contributed by atoms with van der Waals surface area (Å²) in [5.74, 6) is -14.1. The minimum Gasteiger partial charge on any atom is -1.00 e. The number of hydrogen-bond acceptors (Lipinski definition) is 25. The van der Waals surface area contributed by atoms with E-state index >= 15 is 0 Å². The van der Waals surface area contributed by atoms with Crippen molar-refractivity contribution in [2.75, 3.05) is 52.2 Å². The number of esters is 2. The predicted octanol–water partition coefficient (Wildman–Crippen LogP) is 2.94. The molecule has 3 aromatic carbocycles. The van der Waals surface area contributed by atoms with Crippen molar-refractivity contribution in [3.8, 4) is 29.4 Å². The van der Waals surface area contributed by atoms with Gasteiger partial charge in [-0.25, -0.2) is 41.3 Å². The molecule has 9 rings (SSSR count). The van der Waals surface area contributed by atoms with E-state index in [1.807, 2.05) is 17.2 Å². The van der Waals surface area contributed by atoms with Crippen LogP contribution in [0.2, 0.25) is 0 Å². The third kappa shape index (κ3) is 19.5. The second-order valence-electron chi connectivity index (χ2n) is 20.1. The summed E-state index contributed by atoms with van der Waals surface area (Å²) in [5.41, 5.74) is 8.82. The fourth-order valence-corrected chi connectivity index (χ4v) is 12.0. The summed E-state index contributed by atoms with van der Waals surface area (Å²) in [6, 6.07) is 23.7. The summed E-state index contributed by atoms with van der Waals surface area (Å²) in [6.45, 7) is 7.85. The number of rotatable bonds is 18. The summed E-state index contributed by atoms with van der Waals surface area (Å²) in [7, 11) is -7.68. The van der Waals surface area contributed by atoms with Crippen LogP contribution in [0.1, 0.15) is 47.4 Å². The molecule has 95 heavy (non-hydrogen) atoms. The fraction of sp³-hybridized carbons (Fsp3) is 0.375. The predicted molar refractivity (Wildman–Crippen MR) is 332 cm³/mol. The zero-order valence-electron chi connectivity index (χ0n) is 52.2. The Hall–Kier alpha value is -6.71. The van der Waals surface area contributed by atoms with Gasteiger partial charge in [0, 0.05) is 0 Å². The van der Waals surface area contributed by atoms with Crippen molar-refractivity contribution in [3.63, 3.8) is 0 Å². The zero-order valence-corrected chi connectivity index (χ0v) is 57.5. The maximum Gasteiger partial charge on any atom is 2.00 e. The Morgan fingerprint density at radius 1 is 0.726 bits per heavy atom. The van der Waals surface area contributed by atoms with Crippen molar-refractivity contribution in [1.29, 1.82) is 10.5 Å². The van der Waals surface area contributed by atoms with Gasteiger partial charge in [0.15, 0.2) is 11.6 Å². The first-order chi connectivity index (χ1) is 43.9. The van der Waals surface area contributed by atoms with Gasteiger partial charge in [0.1, 0.15) is 90.0 Å². The van der Waals surface area contributed by atoms with Crippen molar-refractivity contribution in [3.05, 3.63) is 144 Å². The Morgan fingerprint density at radius 2 is 1.13 bits per heavy atom. The summed E-state index contributed by atoms with van der Waals surface area (Å²) >= 11 is 0. The largest absolute Gasteiger partial charge is 2.00 e. The van der Waals surface area contributed by atoms with E-state index in [4.69, 9.17) is 40.6 Å². The Labute approximate surface area is 579 Å². The molecule has 0 amide bonds. The number of aliphatic hydroxyl groups is 5. The molecule has 10 N–H and O–H groups in total. The van der Waals surface area contributed by atoms with Gasteiger partial charge in [-0.2, -0.15) is 55.4 Å². The molecule has 7 aromatic rings. The number of halogens is 8. The van der Waals surface area contributed by atoms with Crippen LogP contribution >= 0.6 is 39.3 Å². The number of alkyl halides is 1. The maximum atomic E-state index is 13.9. The van der Waals surface area contributed by atoms with Crippen molar-refractivity contribution in [2.45, 2.75) is 88.5 Å².